The smallest absolute Gasteiger partial charge is 0.411 e. The molecule has 118 valence electrons. The van der Waals surface area contributed by atoms with Gasteiger partial charge in [-0.15, -0.1) is 0 Å². The molecule has 0 aliphatic rings. The van der Waals surface area contributed by atoms with Crippen LogP contribution in [0.15, 0.2) is 0 Å². The van der Waals surface area contributed by atoms with Gasteiger partial charge in [0, 0.05) is 6.54 Å². The molecule has 10 heteroatoms. The van der Waals surface area contributed by atoms with Gasteiger partial charge in [0.25, 0.3) is 0 Å². The number of thioether (sulfide) groups is 1. The van der Waals surface area contributed by atoms with Crippen LogP contribution in [0.4, 0.5) is 18.0 Å². The minimum Gasteiger partial charge on any atom is -0.480 e. The Kier molecular flexibility index (Phi) is 9.14. The van der Waals surface area contributed by atoms with Crippen molar-refractivity contribution in [3.63, 3.8) is 0 Å². The number of nitrogens with one attached hydrogen (secondary N) is 2. The molecule has 3 N–H and O–H groups in total. The van der Waals surface area contributed by atoms with E-state index in [1.54, 1.807) is 6.26 Å². The minimum absolute atomic E-state index is 0.142. The second-order valence-corrected chi connectivity index (χ2v) is 4.73. The van der Waals surface area contributed by atoms with E-state index in [0.29, 0.717) is 5.75 Å². The average molecular weight is 318 g/mol. The van der Waals surface area contributed by atoms with Gasteiger partial charge < -0.3 is 20.5 Å². The molecule has 20 heavy (non-hydrogen) atoms. The van der Waals surface area contributed by atoms with Crippen molar-refractivity contribution in [3.05, 3.63) is 0 Å². The molecular weight excluding hydrogens is 301 g/mol. The van der Waals surface area contributed by atoms with Crippen molar-refractivity contribution in [2.24, 2.45) is 0 Å². The van der Waals surface area contributed by atoms with Crippen LogP contribution in [0.25, 0.3) is 0 Å². The number of alkyl halides is 3. The average Bonchev–Trinajstić information content (AvgIpc) is 2.32. The van der Waals surface area contributed by atoms with Crippen molar-refractivity contribution < 1.29 is 32.6 Å². The summed E-state index contributed by atoms with van der Waals surface area (Å²) in [4.78, 5) is 22.1. The fourth-order valence-electron chi connectivity index (χ4n) is 1.13. The molecule has 0 aromatic heterocycles. The van der Waals surface area contributed by atoms with E-state index in [-0.39, 0.29) is 19.6 Å². The zero-order chi connectivity index (χ0) is 15.6. The molecular formula is C10H17F3N2O4S. The first-order valence-electron chi connectivity index (χ1n) is 5.67. The number of carboxylic acids is 1. The first kappa shape index (κ1) is 18.8. The molecule has 0 aromatic rings. The molecule has 0 bridgehead atoms. The molecule has 0 rings (SSSR count). The molecule has 0 saturated carbocycles. The van der Waals surface area contributed by atoms with Gasteiger partial charge in [-0.3, -0.25) is 0 Å². The Morgan fingerprint density at radius 2 is 2.05 bits per heavy atom. The van der Waals surface area contributed by atoms with Crippen LogP contribution in [0.5, 0.6) is 0 Å². The molecule has 0 aliphatic heterocycles. The van der Waals surface area contributed by atoms with Crippen LogP contribution in [0.2, 0.25) is 0 Å². The van der Waals surface area contributed by atoms with Crippen molar-refractivity contribution in [2.45, 2.75) is 18.6 Å². The zero-order valence-electron chi connectivity index (χ0n) is 10.8. The van der Waals surface area contributed by atoms with Gasteiger partial charge in [-0.2, -0.15) is 24.9 Å². The van der Waals surface area contributed by atoms with E-state index in [9.17, 15) is 22.8 Å². The van der Waals surface area contributed by atoms with Gasteiger partial charge in [-0.25, -0.2) is 9.59 Å². The Labute approximate surface area is 118 Å². The van der Waals surface area contributed by atoms with Crippen molar-refractivity contribution in [1.82, 2.24) is 10.6 Å². The highest BCUT2D eigenvalue weighted by molar-refractivity contribution is 7.98. The van der Waals surface area contributed by atoms with Gasteiger partial charge in [0.15, 0.2) is 0 Å². The molecule has 0 spiro atoms. The Bertz CT molecular complexity index is 315. The van der Waals surface area contributed by atoms with Gasteiger partial charge in [0.1, 0.15) is 12.6 Å². The number of carbonyl (C=O) groups is 2. The van der Waals surface area contributed by atoms with E-state index in [2.05, 4.69) is 15.4 Å². The van der Waals surface area contributed by atoms with Gasteiger partial charge in [-0.05, 0) is 18.4 Å². The number of amides is 2. The summed E-state index contributed by atoms with van der Waals surface area (Å²) in [5.41, 5.74) is 0. The minimum atomic E-state index is -4.41. The number of carbonyl (C=O) groups excluding carboxylic acids is 1. The van der Waals surface area contributed by atoms with Crippen molar-refractivity contribution in [1.29, 1.82) is 0 Å². The van der Waals surface area contributed by atoms with Crippen LogP contribution < -0.4 is 10.6 Å². The highest BCUT2D eigenvalue weighted by atomic mass is 32.2. The lowest BCUT2D eigenvalue weighted by Crippen LogP contribution is -2.47. The maximum Gasteiger partial charge on any atom is 0.411 e. The number of carboxylic acid groups (broad SMARTS) is 1. The van der Waals surface area contributed by atoms with E-state index < -0.39 is 30.8 Å². The Balaban J connectivity index is 3.82. The summed E-state index contributed by atoms with van der Waals surface area (Å²) in [5.74, 6) is -0.603. The van der Waals surface area contributed by atoms with Crippen LogP contribution in [0.3, 0.4) is 0 Å². The zero-order valence-corrected chi connectivity index (χ0v) is 11.6. The Hall–Kier alpha value is -1.16. The number of hydrogen-bond acceptors (Lipinski definition) is 4. The third-order valence-electron chi connectivity index (χ3n) is 2.01. The summed E-state index contributed by atoms with van der Waals surface area (Å²) in [6.45, 7) is -1.84. The van der Waals surface area contributed by atoms with Crippen molar-refractivity contribution >= 4 is 23.8 Å². The molecule has 0 fully saturated rings. The van der Waals surface area contributed by atoms with E-state index in [0.717, 1.165) is 0 Å². The monoisotopic (exact) mass is 318 g/mol. The van der Waals surface area contributed by atoms with Crippen molar-refractivity contribution in [2.75, 3.05) is 31.8 Å². The summed E-state index contributed by atoms with van der Waals surface area (Å²) >= 11 is 1.44. The number of hydrogen-bond donors (Lipinski definition) is 3. The van der Waals surface area contributed by atoms with E-state index in [1.165, 1.54) is 11.8 Å². The maximum absolute atomic E-state index is 11.7. The normalized spacial score (nSPS) is 12.8. The summed E-state index contributed by atoms with van der Waals surface area (Å²) in [5, 5.41) is 13.3. The van der Waals surface area contributed by atoms with Crippen LogP contribution in [-0.2, 0) is 9.53 Å². The van der Waals surface area contributed by atoms with Crippen LogP contribution >= 0.6 is 11.8 Å². The number of aliphatic carboxylic acids is 1. The predicted octanol–water partition coefficient (Wildman–Crippen LogP) is 1.07. The second kappa shape index (κ2) is 9.70. The van der Waals surface area contributed by atoms with Crippen molar-refractivity contribution in [3.8, 4) is 0 Å². The third kappa shape index (κ3) is 10.7. The lowest BCUT2D eigenvalue weighted by Gasteiger charge is -2.14. The first-order chi connectivity index (χ1) is 9.26. The topological polar surface area (TPSA) is 87.7 Å². The van der Waals surface area contributed by atoms with Gasteiger partial charge in [0.05, 0.1) is 6.61 Å². The van der Waals surface area contributed by atoms with E-state index in [4.69, 9.17) is 5.11 Å². The molecule has 6 nitrogen and oxygen atoms in total. The molecule has 1 unspecified atom stereocenters. The molecule has 0 radical (unpaired) electrons. The predicted molar refractivity (Wildman–Crippen MR) is 67.8 cm³/mol. The summed E-state index contributed by atoms with van der Waals surface area (Å²) in [6, 6.07) is -1.78. The Morgan fingerprint density at radius 3 is 2.55 bits per heavy atom. The standard InChI is InChI=1S/C10H17F3N2O4S/c1-20-5-2-7(8(16)17)15-9(18)14-3-4-19-6-10(11,12)13/h7H,2-6H2,1H3,(H,16,17)(H2,14,15,18). The SMILES string of the molecule is CSCCC(NC(=O)NCCOCC(F)(F)F)C(=O)O. The Morgan fingerprint density at radius 1 is 1.40 bits per heavy atom. The number of ether oxygens (including phenoxy) is 1. The van der Waals surface area contributed by atoms with Crippen LogP contribution in [-0.4, -0.2) is 61.1 Å². The molecule has 0 aromatic carbocycles. The van der Waals surface area contributed by atoms with Crippen LogP contribution in [0, 0.1) is 0 Å². The fraction of sp³-hybridized carbons (Fsp3) is 0.800. The highest BCUT2D eigenvalue weighted by Gasteiger charge is 2.27. The number of halogens is 3. The lowest BCUT2D eigenvalue weighted by atomic mass is 10.2. The lowest BCUT2D eigenvalue weighted by molar-refractivity contribution is -0.173. The number of urea groups is 1. The van der Waals surface area contributed by atoms with Crippen LogP contribution in [0.1, 0.15) is 6.42 Å². The fourth-order valence-corrected chi connectivity index (χ4v) is 1.60. The van der Waals surface area contributed by atoms with Gasteiger partial charge in [0.2, 0.25) is 0 Å². The molecule has 0 aliphatic carbocycles. The van der Waals surface area contributed by atoms with Gasteiger partial charge >= 0.3 is 18.2 Å². The quantitative estimate of drug-likeness (QED) is 0.554. The second-order valence-electron chi connectivity index (χ2n) is 3.74. The molecule has 1 atom stereocenters. The highest BCUT2D eigenvalue weighted by Crippen LogP contribution is 2.13. The molecule has 2 amide bonds. The maximum atomic E-state index is 11.7. The van der Waals surface area contributed by atoms with Gasteiger partial charge in [-0.1, -0.05) is 0 Å². The molecule has 0 saturated heterocycles. The van der Waals surface area contributed by atoms with E-state index in [1.807, 2.05) is 0 Å². The summed E-state index contributed by atoms with van der Waals surface area (Å²) in [7, 11) is 0. The van der Waals surface area contributed by atoms with E-state index >= 15 is 0 Å². The molecule has 0 heterocycles. The summed E-state index contributed by atoms with van der Waals surface area (Å²) < 4.78 is 39.5. The third-order valence-corrected chi connectivity index (χ3v) is 2.66. The number of rotatable bonds is 9. The first-order valence-corrected chi connectivity index (χ1v) is 7.06. The largest absolute Gasteiger partial charge is 0.480 e. The summed E-state index contributed by atoms with van der Waals surface area (Å²) in [6.07, 6.45) is -2.35.